The molecule has 0 bridgehead atoms. The molecule has 2 nitrogen and oxygen atoms in total. The number of benzene rings is 1. The van der Waals surface area contributed by atoms with Crippen molar-refractivity contribution in [3.8, 4) is 0 Å². The summed E-state index contributed by atoms with van der Waals surface area (Å²) in [6, 6.07) is 10.4. The summed E-state index contributed by atoms with van der Waals surface area (Å²) in [5, 5.41) is 2.86. The second-order valence-corrected chi connectivity index (χ2v) is 4.35. The van der Waals surface area contributed by atoms with Crippen molar-refractivity contribution in [1.29, 1.82) is 0 Å². The molecule has 1 amide bonds. The number of carbonyl (C=O) groups excluding carboxylic acids is 1. The smallest absolute Gasteiger partial charge is 0.219 e. The van der Waals surface area contributed by atoms with Crippen molar-refractivity contribution in [2.24, 2.45) is 0 Å². The van der Waals surface area contributed by atoms with Gasteiger partial charge in [0.05, 0.1) is 0 Å². The van der Waals surface area contributed by atoms with E-state index in [4.69, 9.17) is 0 Å². The highest BCUT2D eigenvalue weighted by Crippen LogP contribution is 2.10. The standard InChI is InChI=1S/C12H17NOS/c1-2-12(14)13-8-9-15-10-11-6-4-3-5-7-11/h3-7H,2,8-10H2,1H3,(H,13,14). The number of thioether (sulfide) groups is 1. The first-order chi connectivity index (χ1) is 7.33. The van der Waals surface area contributed by atoms with E-state index in [9.17, 15) is 4.79 Å². The van der Waals surface area contributed by atoms with Gasteiger partial charge in [-0.05, 0) is 5.56 Å². The summed E-state index contributed by atoms with van der Waals surface area (Å²) < 4.78 is 0. The van der Waals surface area contributed by atoms with Gasteiger partial charge in [0.2, 0.25) is 5.91 Å². The lowest BCUT2D eigenvalue weighted by Crippen LogP contribution is -2.24. The van der Waals surface area contributed by atoms with Crippen LogP contribution in [0.1, 0.15) is 18.9 Å². The number of hydrogen-bond donors (Lipinski definition) is 1. The van der Waals surface area contributed by atoms with Crippen molar-refractivity contribution in [1.82, 2.24) is 5.32 Å². The van der Waals surface area contributed by atoms with Crippen LogP contribution < -0.4 is 5.32 Å². The minimum Gasteiger partial charge on any atom is -0.355 e. The molecule has 0 aromatic heterocycles. The van der Waals surface area contributed by atoms with Gasteiger partial charge in [0.15, 0.2) is 0 Å². The van der Waals surface area contributed by atoms with Crippen molar-refractivity contribution < 1.29 is 4.79 Å². The Kier molecular flexibility index (Phi) is 5.93. The molecule has 0 aliphatic heterocycles. The Bertz CT molecular complexity index is 287. The van der Waals surface area contributed by atoms with Gasteiger partial charge in [-0.1, -0.05) is 37.3 Å². The first kappa shape index (κ1) is 12.1. The highest BCUT2D eigenvalue weighted by molar-refractivity contribution is 7.98. The van der Waals surface area contributed by atoms with Crippen LogP contribution in [0.15, 0.2) is 30.3 Å². The zero-order valence-corrected chi connectivity index (χ0v) is 9.85. The van der Waals surface area contributed by atoms with Crippen molar-refractivity contribution in [3.63, 3.8) is 0 Å². The van der Waals surface area contributed by atoms with E-state index in [1.165, 1.54) is 5.56 Å². The SMILES string of the molecule is CCC(=O)NCCSCc1ccccc1. The Morgan fingerprint density at radius 3 is 2.73 bits per heavy atom. The number of nitrogens with one attached hydrogen (secondary N) is 1. The Balaban J connectivity index is 2.05. The van der Waals surface area contributed by atoms with E-state index < -0.39 is 0 Å². The molecule has 0 radical (unpaired) electrons. The quantitative estimate of drug-likeness (QED) is 0.751. The monoisotopic (exact) mass is 223 g/mol. The molecule has 0 aliphatic rings. The molecule has 3 heteroatoms. The maximum atomic E-state index is 10.9. The summed E-state index contributed by atoms with van der Waals surface area (Å²) in [5.74, 6) is 2.12. The van der Waals surface area contributed by atoms with Crippen LogP contribution in [-0.4, -0.2) is 18.2 Å². The van der Waals surface area contributed by atoms with Gasteiger partial charge < -0.3 is 5.32 Å². The maximum Gasteiger partial charge on any atom is 0.219 e. The lowest BCUT2D eigenvalue weighted by Gasteiger charge is -2.03. The van der Waals surface area contributed by atoms with E-state index in [0.717, 1.165) is 18.1 Å². The minimum absolute atomic E-state index is 0.135. The topological polar surface area (TPSA) is 29.1 Å². The van der Waals surface area contributed by atoms with Crippen LogP contribution in [-0.2, 0) is 10.5 Å². The van der Waals surface area contributed by atoms with Crippen molar-refractivity contribution in [2.75, 3.05) is 12.3 Å². The summed E-state index contributed by atoms with van der Waals surface area (Å²) >= 11 is 1.84. The van der Waals surface area contributed by atoms with E-state index in [-0.39, 0.29) is 5.91 Å². The third kappa shape index (κ3) is 5.47. The summed E-state index contributed by atoms with van der Waals surface area (Å²) in [7, 11) is 0. The molecular formula is C12H17NOS. The van der Waals surface area contributed by atoms with Crippen LogP contribution in [0.2, 0.25) is 0 Å². The van der Waals surface area contributed by atoms with Crippen LogP contribution >= 0.6 is 11.8 Å². The fourth-order valence-corrected chi connectivity index (χ4v) is 1.97. The van der Waals surface area contributed by atoms with Gasteiger partial charge >= 0.3 is 0 Å². The van der Waals surface area contributed by atoms with Crippen LogP contribution in [0.3, 0.4) is 0 Å². The first-order valence-electron chi connectivity index (χ1n) is 5.21. The van der Waals surface area contributed by atoms with Gasteiger partial charge in [0, 0.05) is 24.5 Å². The second kappa shape index (κ2) is 7.35. The highest BCUT2D eigenvalue weighted by atomic mass is 32.2. The van der Waals surface area contributed by atoms with Crippen molar-refractivity contribution in [3.05, 3.63) is 35.9 Å². The fourth-order valence-electron chi connectivity index (χ4n) is 1.15. The number of hydrogen-bond acceptors (Lipinski definition) is 2. The molecule has 0 saturated carbocycles. The zero-order valence-electron chi connectivity index (χ0n) is 9.03. The molecule has 0 saturated heterocycles. The molecule has 1 aromatic rings. The third-order valence-electron chi connectivity index (χ3n) is 2.00. The molecule has 0 atom stereocenters. The number of rotatable bonds is 6. The van der Waals surface area contributed by atoms with Gasteiger partial charge in [-0.15, -0.1) is 0 Å². The fraction of sp³-hybridized carbons (Fsp3) is 0.417. The average Bonchev–Trinajstić information content (AvgIpc) is 2.29. The van der Waals surface area contributed by atoms with Crippen molar-refractivity contribution >= 4 is 17.7 Å². The first-order valence-corrected chi connectivity index (χ1v) is 6.36. The number of carbonyl (C=O) groups is 1. The van der Waals surface area contributed by atoms with E-state index in [2.05, 4.69) is 29.6 Å². The molecule has 0 aliphatic carbocycles. The van der Waals surface area contributed by atoms with Gasteiger partial charge in [-0.25, -0.2) is 0 Å². The summed E-state index contributed by atoms with van der Waals surface area (Å²) in [6.45, 7) is 2.64. The van der Waals surface area contributed by atoms with Gasteiger partial charge in [0.1, 0.15) is 0 Å². The molecule has 82 valence electrons. The lowest BCUT2D eigenvalue weighted by molar-refractivity contribution is -0.120. The molecule has 15 heavy (non-hydrogen) atoms. The van der Waals surface area contributed by atoms with Crippen LogP contribution in [0.25, 0.3) is 0 Å². The summed E-state index contributed by atoms with van der Waals surface area (Å²) in [4.78, 5) is 10.9. The van der Waals surface area contributed by atoms with Crippen LogP contribution in [0.4, 0.5) is 0 Å². The third-order valence-corrected chi connectivity index (χ3v) is 3.03. The summed E-state index contributed by atoms with van der Waals surface area (Å²) in [5.41, 5.74) is 1.34. The predicted molar refractivity (Wildman–Crippen MR) is 65.9 cm³/mol. The average molecular weight is 223 g/mol. The maximum absolute atomic E-state index is 10.9. The number of amides is 1. The van der Waals surface area contributed by atoms with E-state index in [0.29, 0.717) is 6.42 Å². The Hall–Kier alpha value is -0.960. The van der Waals surface area contributed by atoms with Crippen LogP contribution in [0, 0.1) is 0 Å². The van der Waals surface area contributed by atoms with E-state index in [1.54, 1.807) is 0 Å². The van der Waals surface area contributed by atoms with E-state index in [1.807, 2.05) is 24.8 Å². The molecule has 0 fully saturated rings. The van der Waals surface area contributed by atoms with E-state index >= 15 is 0 Å². The largest absolute Gasteiger partial charge is 0.355 e. The predicted octanol–water partition coefficient (Wildman–Crippen LogP) is 2.45. The Morgan fingerprint density at radius 2 is 2.07 bits per heavy atom. The van der Waals surface area contributed by atoms with Gasteiger partial charge in [-0.2, -0.15) is 11.8 Å². The van der Waals surface area contributed by atoms with Gasteiger partial charge in [-0.3, -0.25) is 4.79 Å². The molecule has 0 unspecified atom stereocenters. The molecule has 0 spiro atoms. The van der Waals surface area contributed by atoms with Crippen LogP contribution in [0.5, 0.6) is 0 Å². The molecule has 1 rings (SSSR count). The molecule has 0 heterocycles. The van der Waals surface area contributed by atoms with Gasteiger partial charge in [0.25, 0.3) is 0 Å². The summed E-state index contributed by atoms with van der Waals surface area (Å²) in [6.07, 6.45) is 0.573. The molecule has 1 N–H and O–H groups in total. The molecule has 1 aromatic carbocycles. The lowest BCUT2D eigenvalue weighted by atomic mass is 10.2. The molecular weight excluding hydrogens is 206 g/mol. The van der Waals surface area contributed by atoms with Crippen molar-refractivity contribution in [2.45, 2.75) is 19.1 Å². The normalized spacial score (nSPS) is 9.93. The minimum atomic E-state index is 0.135. The second-order valence-electron chi connectivity index (χ2n) is 3.24. The Labute approximate surface area is 95.5 Å². The Morgan fingerprint density at radius 1 is 1.33 bits per heavy atom. The highest BCUT2D eigenvalue weighted by Gasteiger charge is 1.95. The zero-order chi connectivity index (χ0) is 10.9.